The van der Waals surface area contributed by atoms with E-state index in [2.05, 4.69) is 96.5 Å². The molecule has 6 rings (SSSR count). The van der Waals surface area contributed by atoms with Crippen LogP contribution in [0.25, 0.3) is 11.4 Å². The summed E-state index contributed by atoms with van der Waals surface area (Å²) in [5.74, 6) is 0.756. The SMILES string of the molecule is CC#N.CC#N.CC#N.CC#N.CC#N.CC#N.[Ni+2].[Ni+2].[O-][Cl+3]([O-])([O-])[O-].[O-][Cl+3]([O-])([O-])[O-].[O-][Cl+3]([O-])([O-])[O-].[O-][Cl+3]([O-])([O-])[O-].c1ccc(-c2nc(CN(CCc3ccccn3)CCc3ccccn3)cc(CN(CCc3ccccn3)CCc3ccccn3)n2)cc1. The van der Waals surface area contributed by atoms with Gasteiger partial charge in [-0.2, -0.15) is 31.6 Å². The van der Waals surface area contributed by atoms with Crippen LogP contribution >= 0.6 is 0 Å². The van der Waals surface area contributed by atoms with Crippen molar-refractivity contribution in [3.8, 4) is 47.8 Å². The number of hydrogen-bond acceptors (Lipinski definition) is 30. The molecule has 5 aromatic heterocycles. The minimum atomic E-state index is -4.94. The quantitative estimate of drug-likeness (QED) is 0.0765. The second-order valence-corrected chi connectivity index (χ2v) is 17.8. The third-order valence-electron chi connectivity index (χ3n) is 8.28. The third-order valence-corrected chi connectivity index (χ3v) is 8.28. The normalized spacial score (nSPS) is 9.43. The number of aromatic nitrogens is 6. The van der Waals surface area contributed by atoms with Crippen LogP contribution in [0.1, 0.15) is 75.7 Å². The summed E-state index contributed by atoms with van der Waals surface area (Å²) in [5, 5.41) is 43.9. The molecule has 0 bridgehead atoms. The van der Waals surface area contributed by atoms with Crippen LogP contribution in [0.15, 0.2) is 134 Å². The van der Waals surface area contributed by atoms with Gasteiger partial charge in [0.05, 0.1) is 47.8 Å². The van der Waals surface area contributed by atoms with E-state index in [1.165, 1.54) is 41.5 Å². The van der Waals surface area contributed by atoms with Gasteiger partial charge < -0.3 is 0 Å². The molecule has 0 atom stereocenters. The molecule has 0 amide bonds. The van der Waals surface area contributed by atoms with E-state index in [1.807, 2.05) is 67.3 Å². The predicted molar refractivity (Wildman–Crippen MR) is 258 cm³/mol. The molecular weight excluding hydrogens is 1340 g/mol. The second-order valence-electron chi connectivity index (χ2n) is 14.7. The summed E-state index contributed by atoms with van der Waals surface area (Å²) in [6, 6.07) is 47.4. The predicted octanol–water partition coefficient (Wildman–Crippen LogP) is -9.55. The maximum absolute atomic E-state index is 8.49. The number of pyridine rings is 4. The van der Waals surface area contributed by atoms with E-state index < -0.39 is 41.0 Å². The zero-order valence-electron chi connectivity index (χ0n) is 47.7. The van der Waals surface area contributed by atoms with Crippen LogP contribution in [0, 0.1) is 109 Å². The Morgan fingerprint density at radius 3 is 0.705 bits per heavy atom. The summed E-state index contributed by atoms with van der Waals surface area (Å²) in [5.41, 5.74) is 7.39. The summed E-state index contributed by atoms with van der Waals surface area (Å²) in [7, 11) is -19.8. The van der Waals surface area contributed by atoms with Crippen LogP contribution in [0.5, 0.6) is 0 Å². The molecule has 0 aliphatic heterocycles. The Kier molecular flexibility index (Phi) is 65.3. The van der Waals surface area contributed by atoms with E-state index in [1.54, 1.807) is 36.4 Å². The summed E-state index contributed by atoms with van der Waals surface area (Å²) >= 11 is 0. The van der Waals surface area contributed by atoms with Crippen molar-refractivity contribution >= 4 is 0 Å². The summed E-state index contributed by atoms with van der Waals surface area (Å²) in [4.78, 5) is 33.5. The van der Waals surface area contributed by atoms with Crippen LogP contribution in [-0.2, 0) is 71.8 Å². The number of benzene rings is 1. The van der Waals surface area contributed by atoms with Gasteiger partial charge >= 0.3 is 33.0 Å². The molecular formula is C52H60Cl4N14Ni2O16. The van der Waals surface area contributed by atoms with Gasteiger partial charge in [-0.15, -0.1) is 41.0 Å². The van der Waals surface area contributed by atoms with Crippen molar-refractivity contribution in [1.82, 2.24) is 39.7 Å². The number of halogens is 4. The molecule has 0 radical (unpaired) electrons. The maximum atomic E-state index is 8.49. The average molecular weight is 1400 g/mol. The summed E-state index contributed by atoms with van der Waals surface area (Å²) in [6.45, 7) is 13.5. The van der Waals surface area contributed by atoms with Crippen molar-refractivity contribution in [1.29, 1.82) is 31.6 Å². The molecule has 482 valence electrons. The molecule has 6 aromatic rings. The van der Waals surface area contributed by atoms with Crippen LogP contribution in [0.3, 0.4) is 0 Å². The van der Waals surface area contributed by atoms with E-state index in [0.29, 0.717) is 13.1 Å². The monoisotopic (exact) mass is 1390 g/mol. The van der Waals surface area contributed by atoms with Crippen LogP contribution in [-0.4, -0.2) is 65.9 Å². The van der Waals surface area contributed by atoms with E-state index in [0.717, 1.165) is 97.4 Å². The zero-order valence-corrected chi connectivity index (χ0v) is 52.7. The number of nitrogens with zero attached hydrogens (tertiary/aromatic N) is 14. The van der Waals surface area contributed by atoms with Crippen molar-refractivity contribution in [3.63, 3.8) is 0 Å². The Morgan fingerprint density at radius 1 is 0.330 bits per heavy atom. The van der Waals surface area contributed by atoms with E-state index >= 15 is 0 Å². The minimum Gasteiger partial charge on any atom is -0.297 e. The standard InChI is InChI=1S/C40H42N8.6C2H3N.4ClHO4.2Ni/c1-2-12-33(13-3-1)40-45-38(31-47(26-18-34-14-4-8-22-41-34)27-19-35-15-5-9-23-42-35)30-39(46-40)32-48(28-20-36-16-6-10-24-43-36)29-21-37-17-7-11-25-44-37;6*1-2-3;4*2-1(3,4)5;;/h1-17,22-25,30H,18-21,26-29,31-32H2;6*1H3;4*(H,2,3,4,5);;/q;;;;;;;;;;;2*+2/p-4. The maximum Gasteiger partial charge on any atom is 2.00 e. The first-order valence-corrected chi connectivity index (χ1v) is 28.5. The van der Waals surface area contributed by atoms with Gasteiger partial charge in [0.2, 0.25) is 0 Å². The average Bonchev–Trinajstić information content (AvgIpc) is 3.41. The van der Waals surface area contributed by atoms with Gasteiger partial charge in [-0.25, -0.2) is 84.5 Å². The Balaban J connectivity index is -0.000000269. The third kappa shape index (κ3) is 81.3. The van der Waals surface area contributed by atoms with Gasteiger partial charge in [0.1, 0.15) is 0 Å². The fourth-order valence-electron chi connectivity index (χ4n) is 5.70. The molecule has 0 saturated carbocycles. The largest absolute Gasteiger partial charge is 2.00 e. The van der Waals surface area contributed by atoms with Crippen molar-refractivity contribution in [2.24, 2.45) is 0 Å². The summed E-state index contributed by atoms with van der Waals surface area (Å²) < 4.78 is 136. The summed E-state index contributed by atoms with van der Waals surface area (Å²) in [6.07, 6.45) is 10.9. The number of rotatable bonds is 17. The molecule has 88 heavy (non-hydrogen) atoms. The second kappa shape index (κ2) is 60.5. The number of nitriles is 6. The van der Waals surface area contributed by atoms with Gasteiger partial charge in [0.15, 0.2) is 5.82 Å². The van der Waals surface area contributed by atoms with Gasteiger partial charge in [-0.05, 0) is 54.6 Å². The van der Waals surface area contributed by atoms with Gasteiger partial charge in [0, 0.05) is 160 Å². The zero-order chi connectivity index (χ0) is 66.9. The van der Waals surface area contributed by atoms with E-state index in [4.69, 9.17) is 116 Å². The molecule has 0 N–H and O–H groups in total. The van der Waals surface area contributed by atoms with Gasteiger partial charge in [-0.1, -0.05) is 54.6 Å². The Hall–Kier alpha value is -6.73. The molecule has 0 unspecified atom stereocenters. The molecule has 0 spiro atoms. The molecule has 0 aliphatic carbocycles. The first kappa shape index (κ1) is 94.9. The fourth-order valence-corrected chi connectivity index (χ4v) is 5.70. The molecule has 30 nitrogen and oxygen atoms in total. The van der Waals surface area contributed by atoms with Gasteiger partial charge in [0.25, 0.3) is 0 Å². The first-order chi connectivity index (χ1) is 40.2. The first-order valence-electron chi connectivity index (χ1n) is 23.5. The van der Waals surface area contributed by atoms with Crippen molar-refractivity contribution < 1.29 is 148 Å². The Bertz CT molecular complexity index is 2480. The molecule has 5 heterocycles. The van der Waals surface area contributed by atoms with Crippen molar-refractivity contribution in [2.75, 3.05) is 26.2 Å². The Labute approximate surface area is 539 Å². The van der Waals surface area contributed by atoms with E-state index in [-0.39, 0.29) is 33.0 Å². The minimum absolute atomic E-state index is 0. The van der Waals surface area contributed by atoms with Gasteiger partial charge in [-0.3, -0.25) is 29.7 Å². The van der Waals surface area contributed by atoms with Crippen molar-refractivity contribution in [2.45, 2.75) is 80.3 Å². The van der Waals surface area contributed by atoms with Crippen LogP contribution in [0.4, 0.5) is 0 Å². The fraction of sp³-hybridized carbons (Fsp3) is 0.308. The van der Waals surface area contributed by atoms with Crippen molar-refractivity contribution in [3.05, 3.63) is 168 Å². The topological polar surface area (TPSA) is 596 Å². The smallest absolute Gasteiger partial charge is 0.297 e. The molecule has 1 aromatic carbocycles. The van der Waals surface area contributed by atoms with Crippen LogP contribution < -0.4 is 74.5 Å². The Morgan fingerprint density at radius 2 is 0.523 bits per heavy atom. The molecule has 0 fully saturated rings. The van der Waals surface area contributed by atoms with E-state index in [9.17, 15) is 0 Å². The molecule has 0 aliphatic rings. The number of hydrogen-bond donors (Lipinski definition) is 0. The molecule has 0 saturated heterocycles. The van der Waals surface area contributed by atoms with Crippen LogP contribution in [0.2, 0.25) is 0 Å². The molecule has 36 heteroatoms.